The van der Waals surface area contributed by atoms with Crippen LogP contribution in [-0.2, 0) is 0 Å². The number of hydrogen-bond donors (Lipinski definition) is 1. The molecule has 0 aromatic heterocycles. The smallest absolute Gasteiger partial charge is 0.122 e. The quantitative estimate of drug-likeness (QED) is 0.773. The van der Waals surface area contributed by atoms with Gasteiger partial charge < -0.3 is 10.1 Å². The average molecular weight is 308 g/mol. The van der Waals surface area contributed by atoms with E-state index in [9.17, 15) is 0 Å². The molecule has 21 heavy (non-hydrogen) atoms. The Bertz CT molecular complexity index is 421. The minimum Gasteiger partial charge on any atom is -0.493 e. The standard InChI is InChI=1S/C18H29NOS/c1-4-19-16(13-21-12-14(2)3)11-15-9-10-20-18-8-6-5-7-17(15)18/h5-8,14-16,19H,4,9-13H2,1-3H3. The van der Waals surface area contributed by atoms with E-state index >= 15 is 0 Å². The lowest BCUT2D eigenvalue weighted by atomic mass is 9.88. The van der Waals surface area contributed by atoms with Gasteiger partial charge in [0.05, 0.1) is 6.61 Å². The molecule has 0 spiro atoms. The van der Waals surface area contributed by atoms with Crippen molar-refractivity contribution in [1.82, 2.24) is 5.32 Å². The van der Waals surface area contributed by atoms with E-state index in [4.69, 9.17) is 4.74 Å². The molecule has 1 N–H and O–H groups in total. The summed E-state index contributed by atoms with van der Waals surface area (Å²) >= 11 is 2.09. The molecule has 2 atom stereocenters. The highest BCUT2D eigenvalue weighted by Gasteiger charge is 2.24. The summed E-state index contributed by atoms with van der Waals surface area (Å²) in [6, 6.07) is 9.16. The molecule has 1 aliphatic rings. The number of ether oxygens (including phenoxy) is 1. The van der Waals surface area contributed by atoms with Crippen LogP contribution in [0.1, 0.15) is 45.1 Å². The van der Waals surface area contributed by atoms with Crippen LogP contribution in [0, 0.1) is 5.92 Å². The third-order valence-corrected chi connectivity index (χ3v) is 5.46. The van der Waals surface area contributed by atoms with E-state index in [2.05, 4.69) is 62.1 Å². The molecule has 2 rings (SSSR count). The van der Waals surface area contributed by atoms with Crippen molar-refractivity contribution in [1.29, 1.82) is 0 Å². The zero-order valence-corrected chi connectivity index (χ0v) is 14.4. The van der Waals surface area contributed by atoms with Gasteiger partial charge in [-0.25, -0.2) is 0 Å². The summed E-state index contributed by atoms with van der Waals surface area (Å²) in [5.74, 6) is 4.98. The Labute approximate surface area is 134 Å². The molecule has 0 radical (unpaired) electrons. The fraction of sp³-hybridized carbons (Fsp3) is 0.667. The van der Waals surface area contributed by atoms with Crippen molar-refractivity contribution < 1.29 is 4.74 Å². The number of para-hydroxylation sites is 1. The lowest BCUT2D eigenvalue weighted by Crippen LogP contribution is -2.34. The van der Waals surface area contributed by atoms with Crippen LogP contribution in [0.3, 0.4) is 0 Å². The van der Waals surface area contributed by atoms with Crippen LogP contribution in [0.2, 0.25) is 0 Å². The molecule has 1 aromatic rings. The highest BCUT2D eigenvalue weighted by Crippen LogP contribution is 2.36. The first-order valence-corrected chi connectivity index (χ1v) is 9.39. The predicted octanol–water partition coefficient (Wildman–Crippen LogP) is 4.31. The van der Waals surface area contributed by atoms with Gasteiger partial charge in [-0.1, -0.05) is 39.0 Å². The van der Waals surface area contributed by atoms with Crippen molar-refractivity contribution >= 4 is 11.8 Å². The second kappa shape index (κ2) is 8.70. The molecule has 1 aromatic carbocycles. The molecule has 0 saturated carbocycles. The van der Waals surface area contributed by atoms with Gasteiger partial charge in [-0.15, -0.1) is 0 Å². The maximum atomic E-state index is 5.78. The van der Waals surface area contributed by atoms with E-state index in [1.165, 1.54) is 23.5 Å². The molecule has 0 amide bonds. The Morgan fingerprint density at radius 1 is 1.29 bits per heavy atom. The zero-order valence-electron chi connectivity index (χ0n) is 13.6. The minimum absolute atomic E-state index is 0.606. The van der Waals surface area contributed by atoms with E-state index in [1.54, 1.807) is 0 Å². The fourth-order valence-electron chi connectivity index (χ4n) is 2.95. The Balaban J connectivity index is 1.94. The third-order valence-electron chi connectivity index (χ3n) is 3.91. The molecule has 0 aliphatic carbocycles. The van der Waals surface area contributed by atoms with Gasteiger partial charge in [0.15, 0.2) is 0 Å². The van der Waals surface area contributed by atoms with Crippen LogP contribution in [-0.4, -0.2) is 30.7 Å². The van der Waals surface area contributed by atoms with Crippen molar-refractivity contribution in [2.45, 2.75) is 45.6 Å². The first-order chi connectivity index (χ1) is 10.2. The largest absolute Gasteiger partial charge is 0.493 e. The molecule has 1 heterocycles. The van der Waals surface area contributed by atoms with Crippen molar-refractivity contribution in [2.75, 3.05) is 24.7 Å². The Morgan fingerprint density at radius 3 is 2.86 bits per heavy atom. The van der Waals surface area contributed by atoms with Crippen molar-refractivity contribution in [3.8, 4) is 5.75 Å². The number of fused-ring (bicyclic) bond motifs is 1. The van der Waals surface area contributed by atoms with Crippen molar-refractivity contribution in [3.05, 3.63) is 29.8 Å². The van der Waals surface area contributed by atoms with Crippen LogP contribution in [0.4, 0.5) is 0 Å². The number of thioether (sulfide) groups is 1. The van der Waals surface area contributed by atoms with Gasteiger partial charge in [-0.3, -0.25) is 0 Å². The van der Waals surface area contributed by atoms with Gasteiger partial charge in [0.25, 0.3) is 0 Å². The second-order valence-corrected chi connectivity index (χ2v) is 7.37. The average Bonchev–Trinajstić information content (AvgIpc) is 2.47. The Kier molecular flexibility index (Phi) is 6.91. The highest BCUT2D eigenvalue weighted by molar-refractivity contribution is 7.99. The molecule has 0 bridgehead atoms. The van der Waals surface area contributed by atoms with E-state index in [-0.39, 0.29) is 0 Å². The number of benzene rings is 1. The normalized spacial score (nSPS) is 19.1. The molecule has 0 saturated heterocycles. The summed E-state index contributed by atoms with van der Waals surface area (Å²) in [4.78, 5) is 0. The molecule has 3 heteroatoms. The zero-order chi connectivity index (χ0) is 15.1. The van der Waals surface area contributed by atoms with Gasteiger partial charge in [0.1, 0.15) is 5.75 Å². The maximum absolute atomic E-state index is 5.78. The third kappa shape index (κ3) is 5.23. The molecule has 2 unspecified atom stereocenters. The van der Waals surface area contributed by atoms with Crippen LogP contribution < -0.4 is 10.1 Å². The minimum atomic E-state index is 0.606. The van der Waals surface area contributed by atoms with Gasteiger partial charge in [0, 0.05) is 11.8 Å². The SMILES string of the molecule is CCNC(CSCC(C)C)CC1CCOc2ccccc21. The summed E-state index contributed by atoms with van der Waals surface area (Å²) in [5.41, 5.74) is 1.40. The summed E-state index contributed by atoms with van der Waals surface area (Å²) in [6.07, 6.45) is 2.37. The highest BCUT2D eigenvalue weighted by atomic mass is 32.2. The van der Waals surface area contributed by atoms with Crippen LogP contribution in [0.15, 0.2) is 24.3 Å². The Hall–Kier alpha value is -0.670. The maximum Gasteiger partial charge on any atom is 0.122 e. The van der Waals surface area contributed by atoms with Gasteiger partial charge in [-0.2, -0.15) is 11.8 Å². The molecule has 118 valence electrons. The van der Waals surface area contributed by atoms with E-state index < -0.39 is 0 Å². The molecule has 0 fully saturated rings. The topological polar surface area (TPSA) is 21.3 Å². The van der Waals surface area contributed by atoms with E-state index in [0.29, 0.717) is 12.0 Å². The first kappa shape index (κ1) is 16.7. The lowest BCUT2D eigenvalue weighted by Gasteiger charge is -2.29. The summed E-state index contributed by atoms with van der Waals surface area (Å²) in [7, 11) is 0. The van der Waals surface area contributed by atoms with Gasteiger partial charge >= 0.3 is 0 Å². The first-order valence-electron chi connectivity index (χ1n) is 8.23. The fourth-order valence-corrected chi connectivity index (χ4v) is 4.10. The number of rotatable bonds is 8. The predicted molar refractivity (Wildman–Crippen MR) is 93.5 cm³/mol. The summed E-state index contributed by atoms with van der Waals surface area (Å²) in [5, 5.41) is 3.67. The molecular weight excluding hydrogens is 278 g/mol. The monoisotopic (exact) mass is 307 g/mol. The van der Waals surface area contributed by atoms with E-state index in [1.807, 2.05) is 0 Å². The molecule has 2 nitrogen and oxygen atoms in total. The van der Waals surface area contributed by atoms with E-state index in [0.717, 1.165) is 31.2 Å². The van der Waals surface area contributed by atoms with Gasteiger partial charge in [0.2, 0.25) is 0 Å². The van der Waals surface area contributed by atoms with Crippen molar-refractivity contribution in [2.24, 2.45) is 5.92 Å². The second-order valence-electron chi connectivity index (χ2n) is 6.29. The van der Waals surface area contributed by atoms with Crippen LogP contribution >= 0.6 is 11.8 Å². The van der Waals surface area contributed by atoms with Gasteiger partial charge in [-0.05, 0) is 48.6 Å². The lowest BCUT2D eigenvalue weighted by molar-refractivity contribution is 0.257. The summed E-state index contributed by atoms with van der Waals surface area (Å²) in [6.45, 7) is 8.71. The molecular formula is C18H29NOS. The molecule has 1 aliphatic heterocycles. The van der Waals surface area contributed by atoms with Crippen LogP contribution in [0.25, 0.3) is 0 Å². The Morgan fingerprint density at radius 2 is 2.10 bits per heavy atom. The van der Waals surface area contributed by atoms with Crippen molar-refractivity contribution in [3.63, 3.8) is 0 Å². The number of hydrogen-bond acceptors (Lipinski definition) is 3. The number of nitrogens with one attached hydrogen (secondary N) is 1. The van der Waals surface area contributed by atoms with Crippen LogP contribution in [0.5, 0.6) is 5.75 Å². The summed E-state index contributed by atoms with van der Waals surface area (Å²) < 4.78 is 5.78.